The van der Waals surface area contributed by atoms with Crippen molar-refractivity contribution < 1.29 is 9.59 Å². The van der Waals surface area contributed by atoms with Gasteiger partial charge in [0.05, 0.1) is 15.6 Å². The zero-order chi connectivity index (χ0) is 16.8. The van der Waals surface area contributed by atoms with E-state index in [0.29, 0.717) is 36.6 Å². The minimum atomic E-state index is -0.143. The first-order valence-electron chi connectivity index (χ1n) is 7.76. The molecule has 0 spiro atoms. The first kappa shape index (κ1) is 21.0. The molecular weight excluding hydrogens is 373 g/mol. The van der Waals surface area contributed by atoms with Gasteiger partial charge in [0.25, 0.3) is 5.91 Å². The molecule has 0 aromatic heterocycles. The molecule has 2 amide bonds. The number of amides is 2. The summed E-state index contributed by atoms with van der Waals surface area (Å²) in [6, 6.07) is 5.01. The topological polar surface area (TPSA) is 75.4 Å². The van der Waals surface area contributed by atoms with Gasteiger partial charge in [-0.05, 0) is 31.4 Å². The molecule has 0 bridgehead atoms. The van der Waals surface area contributed by atoms with Crippen LogP contribution in [0.15, 0.2) is 18.2 Å². The summed E-state index contributed by atoms with van der Waals surface area (Å²) >= 11 is 12.2. The Bertz CT molecular complexity index is 584. The van der Waals surface area contributed by atoms with Crippen molar-refractivity contribution in [3.8, 4) is 0 Å². The number of hydrogen-bond acceptors (Lipinski definition) is 3. The first-order chi connectivity index (χ1) is 11.0. The van der Waals surface area contributed by atoms with Gasteiger partial charge in [0.2, 0.25) is 5.91 Å². The van der Waals surface area contributed by atoms with Crippen molar-refractivity contribution in [2.24, 2.45) is 5.73 Å². The maximum atomic E-state index is 12.8. The molecule has 2 rings (SSSR count). The normalized spacial score (nSPS) is 17.1. The van der Waals surface area contributed by atoms with E-state index in [1.54, 1.807) is 23.1 Å². The lowest BCUT2D eigenvalue weighted by atomic mass is 10.0. The highest BCUT2D eigenvalue weighted by Gasteiger charge is 2.29. The number of piperidine rings is 1. The second kappa shape index (κ2) is 10.1. The number of hydrogen-bond donors (Lipinski definition) is 2. The highest BCUT2D eigenvalue weighted by atomic mass is 35.5. The van der Waals surface area contributed by atoms with E-state index in [1.807, 2.05) is 0 Å². The molecule has 0 radical (unpaired) electrons. The summed E-state index contributed by atoms with van der Waals surface area (Å²) in [5, 5.41) is 3.48. The summed E-state index contributed by atoms with van der Waals surface area (Å²) in [7, 11) is 0. The Balaban J connectivity index is 0.00000288. The smallest absolute Gasteiger partial charge is 0.255 e. The Kier molecular flexibility index (Phi) is 8.84. The zero-order valence-electron chi connectivity index (χ0n) is 13.3. The summed E-state index contributed by atoms with van der Waals surface area (Å²) in [6.07, 6.45) is 3.12. The van der Waals surface area contributed by atoms with E-state index in [0.717, 1.165) is 19.3 Å². The average molecular weight is 395 g/mol. The van der Waals surface area contributed by atoms with E-state index in [9.17, 15) is 9.59 Å². The third kappa shape index (κ3) is 5.24. The molecule has 5 nitrogen and oxygen atoms in total. The second-order valence-electron chi connectivity index (χ2n) is 5.59. The molecule has 0 aliphatic carbocycles. The molecule has 8 heteroatoms. The van der Waals surface area contributed by atoms with Crippen molar-refractivity contribution in [3.63, 3.8) is 0 Å². The Morgan fingerprint density at radius 3 is 2.75 bits per heavy atom. The summed E-state index contributed by atoms with van der Waals surface area (Å²) in [5.41, 5.74) is 5.77. The fraction of sp³-hybridized carbons (Fsp3) is 0.500. The van der Waals surface area contributed by atoms with Crippen molar-refractivity contribution in [1.29, 1.82) is 0 Å². The number of carbonyl (C=O) groups is 2. The Labute approximate surface area is 158 Å². The molecule has 1 fully saturated rings. The minimum Gasteiger partial charge on any atom is -0.354 e. The fourth-order valence-electron chi connectivity index (χ4n) is 2.75. The van der Waals surface area contributed by atoms with Crippen molar-refractivity contribution in [2.45, 2.75) is 31.7 Å². The van der Waals surface area contributed by atoms with E-state index >= 15 is 0 Å². The van der Waals surface area contributed by atoms with Crippen LogP contribution in [0.4, 0.5) is 0 Å². The summed E-state index contributed by atoms with van der Waals surface area (Å²) in [6.45, 7) is 1.40. The molecular formula is C16H22Cl3N3O2. The predicted molar refractivity (Wildman–Crippen MR) is 99.1 cm³/mol. The number of nitrogens with two attached hydrogens (primary N) is 1. The molecule has 1 heterocycles. The van der Waals surface area contributed by atoms with Crippen LogP contribution >= 0.6 is 35.6 Å². The highest BCUT2D eigenvalue weighted by Crippen LogP contribution is 2.28. The summed E-state index contributed by atoms with van der Waals surface area (Å²) < 4.78 is 0. The molecule has 1 saturated heterocycles. The highest BCUT2D eigenvalue weighted by molar-refractivity contribution is 6.43. The quantitative estimate of drug-likeness (QED) is 0.806. The number of carbonyl (C=O) groups excluding carboxylic acids is 2. The summed E-state index contributed by atoms with van der Waals surface area (Å²) in [4.78, 5) is 26.2. The Morgan fingerprint density at radius 2 is 2.04 bits per heavy atom. The van der Waals surface area contributed by atoms with Crippen LogP contribution in [0.5, 0.6) is 0 Å². The molecule has 1 aliphatic heterocycles. The molecule has 1 aromatic rings. The van der Waals surface area contributed by atoms with Crippen LogP contribution in [0, 0.1) is 0 Å². The third-order valence-electron chi connectivity index (χ3n) is 3.98. The molecule has 1 unspecified atom stereocenters. The molecule has 1 aliphatic rings. The largest absolute Gasteiger partial charge is 0.354 e. The van der Waals surface area contributed by atoms with Gasteiger partial charge in [0.15, 0.2) is 0 Å². The lowest BCUT2D eigenvalue weighted by molar-refractivity contribution is -0.121. The van der Waals surface area contributed by atoms with E-state index in [1.165, 1.54) is 0 Å². The average Bonchev–Trinajstić information content (AvgIpc) is 2.55. The van der Waals surface area contributed by atoms with E-state index in [2.05, 4.69) is 5.32 Å². The third-order valence-corrected chi connectivity index (χ3v) is 4.80. The first-order valence-corrected chi connectivity index (χ1v) is 8.52. The fourth-order valence-corrected chi connectivity index (χ4v) is 3.14. The van der Waals surface area contributed by atoms with Gasteiger partial charge in [0.1, 0.15) is 0 Å². The van der Waals surface area contributed by atoms with Crippen molar-refractivity contribution in [1.82, 2.24) is 10.2 Å². The Morgan fingerprint density at radius 1 is 1.29 bits per heavy atom. The van der Waals surface area contributed by atoms with Gasteiger partial charge < -0.3 is 16.0 Å². The number of rotatable bonds is 5. The van der Waals surface area contributed by atoms with Crippen LogP contribution in [0.3, 0.4) is 0 Å². The molecule has 24 heavy (non-hydrogen) atoms. The molecule has 1 atom stereocenters. The van der Waals surface area contributed by atoms with Gasteiger partial charge in [0, 0.05) is 32.1 Å². The van der Waals surface area contributed by atoms with E-state index in [-0.39, 0.29) is 35.3 Å². The predicted octanol–water partition coefficient (Wildman–Crippen LogP) is 2.87. The Hall–Kier alpha value is -1.01. The van der Waals surface area contributed by atoms with Crippen LogP contribution in [0.25, 0.3) is 0 Å². The van der Waals surface area contributed by atoms with Crippen LogP contribution in [-0.4, -0.2) is 42.4 Å². The van der Waals surface area contributed by atoms with Crippen molar-refractivity contribution in [2.75, 3.05) is 19.6 Å². The van der Waals surface area contributed by atoms with E-state index in [4.69, 9.17) is 28.9 Å². The number of benzene rings is 1. The molecule has 1 aromatic carbocycles. The van der Waals surface area contributed by atoms with Crippen LogP contribution in [0.1, 0.15) is 36.0 Å². The van der Waals surface area contributed by atoms with Crippen LogP contribution in [0.2, 0.25) is 10.0 Å². The molecule has 0 saturated carbocycles. The monoisotopic (exact) mass is 393 g/mol. The minimum absolute atomic E-state index is 0. The number of likely N-dealkylation sites (tertiary alicyclic amines) is 1. The lowest BCUT2D eigenvalue weighted by Gasteiger charge is -2.36. The van der Waals surface area contributed by atoms with Gasteiger partial charge >= 0.3 is 0 Å². The van der Waals surface area contributed by atoms with Crippen LogP contribution < -0.4 is 11.1 Å². The zero-order valence-corrected chi connectivity index (χ0v) is 15.6. The van der Waals surface area contributed by atoms with Crippen LogP contribution in [-0.2, 0) is 4.79 Å². The number of nitrogens with zero attached hydrogens (tertiary/aromatic N) is 1. The van der Waals surface area contributed by atoms with Gasteiger partial charge in [-0.1, -0.05) is 29.3 Å². The van der Waals surface area contributed by atoms with E-state index < -0.39 is 0 Å². The second-order valence-corrected chi connectivity index (χ2v) is 6.38. The van der Waals surface area contributed by atoms with Crippen molar-refractivity contribution >= 4 is 47.4 Å². The van der Waals surface area contributed by atoms with Gasteiger partial charge in [-0.25, -0.2) is 0 Å². The maximum Gasteiger partial charge on any atom is 0.255 e. The maximum absolute atomic E-state index is 12.8. The standard InChI is InChI=1S/C16H21Cl2N3O2.ClH/c17-13-6-3-5-12(15(13)18)16(23)21-9-2-1-4-11(21)10-20-14(22)7-8-19;/h3,5-6,11H,1-2,4,7-10,19H2,(H,20,22);1H. The SMILES string of the molecule is Cl.NCCC(=O)NCC1CCCCN1C(=O)c1cccc(Cl)c1Cl. The van der Waals surface area contributed by atoms with Gasteiger partial charge in [-0.15, -0.1) is 12.4 Å². The number of halogens is 3. The molecule has 134 valence electrons. The van der Waals surface area contributed by atoms with Crippen molar-refractivity contribution in [3.05, 3.63) is 33.8 Å². The molecule has 3 N–H and O–H groups in total. The van der Waals surface area contributed by atoms with Gasteiger partial charge in [-0.3, -0.25) is 9.59 Å². The summed E-state index contributed by atoms with van der Waals surface area (Å²) in [5.74, 6) is -0.235. The van der Waals surface area contributed by atoms with Gasteiger partial charge in [-0.2, -0.15) is 0 Å². The number of nitrogens with one attached hydrogen (secondary N) is 1. The lowest BCUT2D eigenvalue weighted by Crippen LogP contribution is -2.49.